The van der Waals surface area contributed by atoms with Crippen molar-refractivity contribution in [3.8, 4) is 34.4 Å². The number of aliphatic hydroxyl groups is 1. The lowest BCUT2D eigenvalue weighted by Crippen LogP contribution is -2.17. The van der Waals surface area contributed by atoms with Gasteiger partial charge in [0.2, 0.25) is 23.1 Å². The van der Waals surface area contributed by atoms with Gasteiger partial charge in [0.1, 0.15) is 5.82 Å². The van der Waals surface area contributed by atoms with Gasteiger partial charge in [-0.15, -0.1) is 10.2 Å². The molecule has 4 aromatic heterocycles. The fourth-order valence-corrected chi connectivity index (χ4v) is 3.73. The normalized spacial score (nSPS) is 11.9. The third kappa shape index (κ3) is 4.35. The highest BCUT2D eigenvalue weighted by Gasteiger charge is 2.25. The molecule has 9 nitrogen and oxygen atoms in total. The summed E-state index contributed by atoms with van der Waals surface area (Å²) in [5.41, 5.74) is -1.07. The molecule has 1 N–H and O–H groups in total. The molecule has 0 aliphatic carbocycles. The molecule has 0 fully saturated rings. The molecule has 0 radical (unpaired) electrons. The maximum atomic E-state index is 14.4. The zero-order valence-electron chi connectivity index (χ0n) is 20.0. The molecule has 0 saturated heterocycles. The molecule has 4 heterocycles. The summed E-state index contributed by atoms with van der Waals surface area (Å²) in [5, 5.41) is 18.5. The minimum absolute atomic E-state index is 0.0389. The molecule has 5 aromatic rings. The van der Waals surface area contributed by atoms with Crippen LogP contribution in [0.1, 0.15) is 25.3 Å². The van der Waals surface area contributed by atoms with E-state index in [0.29, 0.717) is 23.3 Å². The Labute approximate surface area is 206 Å². The third-order valence-corrected chi connectivity index (χ3v) is 5.61. The second-order valence-electron chi connectivity index (χ2n) is 8.87. The number of furan rings is 1. The van der Waals surface area contributed by atoms with Gasteiger partial charge in [0.15, 0.2) is 17.4 Å². The van der Waals surface area contributed by atoms with Crippen LogP contribution in [0, 0.1) is 24.4 Å². The Morgan fingerprint density at radius 2 is 1.73 bits per heavy atom. The van der Waals surface area contributed by atoms with Crippen molar-refractivity contribution in [2.75, 3.05) is 0 Å². The van der Waals surface area contributed by atoms with Crippen LogP contribution in [0.15, 0.2) is 50.3 Å². The maximum Gasteiger partial charge on any atom is 0.293 e. The largest absolute Gasteiger partial charge is 0.445 e. The number of benzene rings is 1. The molecule has 0 saturated carbocycles. The third-order valence-electron chi connectivity index (χ3n) is 5.61. The van der Waals surface area contributed by atoms with Gasteiger partial charge in [-0.05, 0) is 26.0 Å². The van der Waals surface area contributed by atoms with E-state index in [9.17, 15) is 23.1 Å². The van der Waals surface area contributed by atoms with Crippen molar-refractivity contribution in [1.82, 2.24) is 19.7 Å². The number of hydrogen-bond donors (Lipinski definition) is 1. The standard InChI is InChI=1S/C25H19F3N4O5/c1-11-30-31-23(35-11)19-8-14-16(10-32(4)24(33)20(14)36-19)15-5-12(25(2,3)34)9-29-22(15)37-21-17(27)6-13(26)7-18(21)28/h5-10,34H,1-4H3. The quantitative estimate of drug-likeness (QED) is 0.350. The molecule has 0 aliphatic rings. The van der Waals surface area contributed by atoms with Crippen LogP contribution in [-0.4, -0.2) is 24.9 Å². The predicted molar refractivity (Wildman–Crippen MR) is 124 cm³/mol. The average molecular weight is 512 g/mol. The molecule has 0 atom stereocenters. The zero-order valence-corrected chi connectivity index (χ0v) is 20.0. The number of aromatic nitrogens is 4. The molecular formula is C25H19F3N4O5. The summed E-state index contributed by atoms with van der Waals surface area (Å²) in [7, 11) is 1.48. The van der Waals surface area contributed by atoms with Crippen LogP contribution in [-0.2, 0) is 12.6 Å². The van der Waals surface area contributed by atoms with Crippen molar-refractivity contribution < 1.29 is 31.8 Å². The van der Waals surface area contributed by atoms with Crippen LogP contribution in [0.25, 0.3) is 33.7 Å². The molecule has 5 rings (SSSR count). The van der Waals surface area contributed by atoms with Gasteiger partial charge in [0.25, 0.3) is 11.4 Å². The maximum absolute atomic E-state index is 14.4. The van der Waals surface area contributed by atoms with Gasteiger partial charge in [0.05, 0.1) is 5.60 Å². The molecule has 0 amide bonds. The van der Waals surface area contributed by atoms with E-state index in [-0.39, 0.29) is 40.0 Å². The molecule has 190 valence electrons. The first-order valence-corrected chi connectivity index (χ1v) is 10.9. The van der Waals surface area contributed by atoms with Gasteiger partial charge >= 0.3 is 0 Å². The number of fused-ring (bicyclic) bond motifs is 1. The zero-order chi connectivity index (χ0) is 26.6. The number of aryl methyl sites for hydroxylation is 2. The second-order valence-corrected chi connectivity index (χ2v) is 8.87. The van der Waals surface area contributed by atoms with E-state index in [4.69, 9.17) is 13.6 Å². The van der Waals surface area contributed by atoms with Crippen molar-refractivity contribution in [2.24, 2.45) is 7.05 Å². The van der Waals surface area contributed by atoms with Crippen molar-refractivity contribution in [3.63, 3.8) is 0 Å². The lowest BCUT2D eigenvalue weighted by Gasteiger charge is -2.20. The fraction of sp³-hybridized carbons (Fsp3) is 0.200. The highest BCUT2D eigenvalue weighted by atomic mass is 19.1. The molecule has 12 heteroatoms. The van der Waals surface area contributed by atoms with E-state index in [2.05, 4.69) is 15.2 Å². The Kier molecular flexibility index (Phi) is 5.63. The lowest BCUT2D eigenvalue weighted by atomic mass is 9.96. The van der Waals surface area contributed by atoms with E-state index >= 15 is 0 Å². The first-order valence-electron chi connectivity index (χ1n) is 10.9. The van der Waals surface area contributed by atoms with E-state index in [1.54, 1.807) is 6.92 Å². The molecule has 0 bridgehead atoms. The first-order chi connectivity index (χ1) is 17.4. The molecule has 37 heavy (non-hydrogen) atoms. The topological polar surface area (TPSA) is 116 Å². The van der Waals surface area contributed by atoms with Crippen molar-refractivity contribution in [1.29, 1.82) is 0 Å². The van der Waals surface area contributed by atoms with Crippen LogP contribution in [0.4, 0.5) is 13.2 Å². The summed E-state index contributed by atoms with van der Waals surface area (Å²) >= 11 is 0. The molecule has 0 unspecified atom stereocenters. The van der Waals surface area contributed by atoms with Gasteiger partial charge in [-0.25, -0.2) is 18.2 Å². The Morgan fingerprint density at radius 1 is 1.03 bits per heavy atom. The smallest absolute Gasteiger partial charge is 0.293 e. The SMILES string of the molecule is Cc1nnc(-c2cc3c(-c4cc(C(C)(C)O)cnc4Oc4c(F)cc(F)cc4F)cn(C)c(=O)c3o2)o1. The van der Waals surface area contributed by atoms with Crippen LogP contribution < -0.4 is 10.3 Å². The van der Waals surface area contributed by atoms with E-state index in [0.717, 1.165) is 0 Å². The number of pyridine rings is 2. The number of halogens is 3. The summed E-state index contributed by atoms with van der Waals surface area (Å²) in [6.45, 7) is 4.64. The first kappa shape index (κ1) is 24.3. The molecular weight excluding hydrogens is 493 g/mol. The summed E-state index contributed by atoms with van der Waals surface area (Å²) in [6, 6.07) is 3.95. The van der Waals surface area contributed by atoms with Crippen LogP contribution >= 0.6 is 0 Å². The van der Waals surface area contributed by atoms with Gasteiger partial charge in [0, 0.05) is 60.6 Å². The van der Waals surface area contributed by atoms with Gasteiger partial charge in [-0.1, -0.05) is 0 Å². The lowest BCUT2D eigenvalue weighted by molar-refractivity contribution is 0.0782. The number of nitrogens with zero attached hydrogens (tertiary/aromatic N) is 4. The monoisotopic (exact) mass is 512 g/mol. The number of ether oxygens (including phenoxy) is 1. The fourth-order valence-electron chi connectivity index (χ4n) is 3.73. The Bertz CT molecular complexity index is 1710. The Balaban J connectivity index is 1.77. The van der Waals surface area contributed by atoms with Gasteiger partial charge in [-0.3, -0.25) is 4.79 Å². The van der Waals surface area contributed by atoms with Crippen LogP contribution in [0.5, 0.6) is 11.6 Å². The highest BCUT2D eigenvalue weighted by Crippen LogP contribution is 2.40. The molecule has 0 spiro atoms. The van der Waals surface area contributed by atoms with Gasteiger partial charge in [-0.2, -0.15) is 0 Å². The average Bonchev–Trinajstić information content (AvgIpc) is 3.45. The summed E-state index contributed by atoms with van der Waals surface area (Å²) in [6.07, 6.45) is 2.73. The Morgan fingerprint density at radius 3 is 2.35 bits per heavy atom. The van der Waals surface area contributed by atoms with Crippen molar-refractivity contribution >= 4 is 11.0 Å². The summed E-state index contributed by atoms with van der Waals surface area (Å²) in [4.78, 5) is 17.0. The minimum Gasteiger partial charge on any atom is -0.445 e. The predicted octanol–water partition coefficient (Wildman–Crippen LogP) is 4.99. The summed E-state index contributed by atoms with van der Waals surface area (Å²) in [5.74, 6) is -4.38. The molecule has 0 aliphatic heterocycles. The van der Waals surface area contributed by atoms with Gasteiger partial charge < -0.3 is 23.2 Å². The van der Waals surface area contributed by atoms with Crippen LogP contribution in [0.2, 0.25) is 0 Å². The second kappa shape index (κ2) is 8.59. The minimum atomic E-state index is -1.35. The van der Waals surface area contributed by atoms with E-state index in [1.165, 1.54) is 50.0 Å². The van der Waals surface area contributed by atoms with E-state index < -0.39 is 34.4 Å². The van der Waals surface area contributed by atoms with E-state index in [1.807, 2.05) is 0 Å². The highest BCUT2D eigenvalue weighted by molar-refractivity contribution is 5.96. The Hall–Kier alpha value is -4.45. The van der Waals surface area contributed by atoms with Crippen molar-refractivity contribution in [2.45, 2.75) is 26.4 Å². The van der Waals surface area contributed by atoms with Crippen LogP contribution in [0.3, 0.4) is 0 Å². The number of rotatable bonds is 5. The summed E-state index contributed by atoms with van der Waals surface area (Å²) < 4.78 is 60.1. The van der Waals surface area contributed by atoms with Crippen molar-refractivity contribution in [3.05, 3.63) is 75.9 Å². The molecule has 1 aromatic carbocycles. The number of hydrogen-bond acceptors (Lipinski definition) is 8.